The van der Waals surface area contributed by atoms with Gasteiger partial charge >= 0.3 is 5.97 Å². The first-order chi connectivity index (χ1) is 9.38. The molecular weight excluding hydrogens is 261 g/mol. The molecule has 104 valence electrons. The average molecular weight is 275 g/mol. The van der Waals surface area contributed by atoms with Crippen LogP contribution in [0.2, 0.25) is 0 Å². The van der Waals surface area contributed by atoms with Crippen molar-refractivity contribution in [3.63, 3.8) is 0 Å². The molecule has 1 aromatic heterocycles. The third kappa shape index (κ3) is 2.74. The van der Waals surface area contributed by atoms with Crippen LogP contribution in [0.15, 0.2) is 24.3 Å². The van der Waals surface area contributed by atoms with Crippen molar-refractivity contribution in [1.82, 2.24) is 9.97 Å². The van der Waals surface area contributed by atoms with Crippen molar-refractivity contribution in [1.29, 1.82) is 0 Å². The number of carboxylic acid groups (broad SMARTS) is 1. The predicted molar refractivity (Wildman–Crippen MR) is 73.4 cm³/mol. The highest BCUT2D eigenvalue weighted by atomic mass is 19.1. The maximum atomic E-state index is 13.3. The third-order valence-corrected chi connectivity index (χ3v) is 2.79. The Labute approximate surface area is 115 Å². The van der Waals surface area contributed by atoms with Crippen molar-refractivity contribution in [2.45, 2.75) is 6.92 Å². The van der Waals surface area contributed by atoms with Crippen LogP contribution in [-0.4, -0.2) is 35.1 Å². The van der Waals surface area contributed by atoms with Crippen molar-refractivity contribution in [3.8, 4) is 11.3 Å². The lowest BCUT2D eigenvalue weighted by atomic mass is 10.1. The number of anilines is 1. The molecule has 0 saturated heterocycles. The zero-order valence-corrected chi connectivity index (χ0v) is 11.4. The lowest BCUT2D eigenvalue weighted by molar-refractivity contribution is 0.0690. The minimum Gasteiger partial charge on any atom is -0.477 e. The zero-order chi connectivity index (χ0) is 14.9. The van der Waals surface area contributed by atoms with Gasteiger partial charge in [0.05, 0.1) is 5.69 Å². The van der Waals surface area contributed by atoms with E-state index in [-0.39, 0.29) is 11.5 Å². The Morgan fingerprint density at radius 2 is 1.95 bits per heavy atom. The molecule has 0 aliphatic carbocycles. The quantitative estimate of drug-likeness (QED) is 0.931. The molecule has 0 bridgehead atoms. The second-order valence-corrected chi connectivity index (χ2v) is 4.60. The molecule has 6 heteroatoms. The van der Waals surface area contributed by atoms with Gasteiger partial charge in [-0.15, -0.1) is 0 Å². The van der Waals surface area contributed by atoms with Crippen LogP contribution in [-0.2, 0) is 0 Å². The largest absolute Gasteiger partial charge is 0.477 e. The Bertz CT molecular complexity index is 671. The average Bonchev–Trinajstić information content (AvgIpc) is 2.41. The van der Waals surface area contributed by atoms with Gasteiger partial charge in [-0.25, -0.2) is 19.2 Å². The summed E-state index contributed by atoms with van der Waals surface area (Å²) in [5, 5.41) is 9.09. The summed E-state index contributed by atoms with van der Waals surface area (Å²) < 4.78 is 13.3. The number of carbonyl (C=O) groups is 1. The van der Waals surface area contributed by atoms with E-state index >= 15 is 0 Å². The molecule has 0 aliphatic heterocycles. The second-order valence-electron chi connectivity index (χ2n) is 4.60. The van der Waals surface area contributed by atoms with E-state index in [0.29, 0.717) is 22.8 Å². The van der Waals surface area contributed by atoms with Crippen molar-refractivity contribution < 1.29 is 14.3 Å². The van der Waals surface area contributed by atoms with E-state index < -0.39 is 5.97 Å². The van der Waals surface area contributed by atoms with E-state index in [0.717, 1.165) is 0 Å². The molecule has 2 rings (SSSR count). The van der Waals surface area contributed by atoms with Crippen LogP contribution in [0.4, 0.5) is 10.3 Å². The van der Waals surface area contributed by atoms with Gasteiger partial charge in [0.1, 0.15) is 5.82 Å². The summed E-state index contributed by atoms with van der Waals surface area (Å²) in [7, 11) is 3.45. The summed E-state index contributed by atoms with van der Waals surface area (Å²) in [6.45, 7) is 1.64. The fraction of sp³-hybridized carbons (Fsp3) is 0.214. The highest BCUT2D eigenvalue weighted by molar-refractivity contribution is 5.87. The molecule has 20 heavy (non-hydrogen) atoms. The number of rotatable bonds is 3. The summed E-state index contributed by atoms with van der Waals surface area (Å²) >= 11 is 0. The Morgan fingerprint density at radius 3 is 2.50 bits per heavy atom. The number of aryl methyl sites for hydroxylation is 1. The number of halogens is 1. The number of hydrogen-bond donors (Lipinski definition) is 1. The van der Waals surface area contributed by atoms with Gasteiger partial charge in [-0.1, -0.05) is 0 Å². The molecule has 1 N–H and O–H groups in total. The fourth-order valence-electron chi connectivity index (χ4n) is 1.70. The first-order valence-corrected chi connectivity index (χ1v) is 5.94. The maximum Gasteiger partial charge on any atom is 0.354 e. The second kappa shape index (κ2) is 5.24. The van der Waals surface area contributed by atoms with E-state index in [1.807, 2.05) is 0 Å². The van der Waals surface area contributed by atoms with Crippen LogP contribution < -0.4 is 4.90 Å². The van der Waals surface area contributed by atoms with E-state index in [4.69, 9.17) is 5.11 Å². The first kappa shape index (κ1) is 13.9. The van der Waals surface area contributed by atoms with Crippen LogP contribution in [0.3, 0.4) is 0 Å². The molecule has 0 fully saturated rings. The zero-order valence-electron chi connectivity index (χ0n) is 11.4. The minimum atomic E-state index is -1.13. The molecule has 0 atom stereocenters. The van der Waals surface area contributed by atoms with Crippen LogP contribution >= 0.6 is 0 Å². The van der Waals surface area contributed by atoms with Crippen LogP contribution in [0.5, 0.6) is 0 Å². The summed E-state index contributed by atoms with van der Waals surface area (Å²) in [6, 6.07) is 5.91. The highest BCUT2D eigenvalue weighted by Gasteiger charge is 2.13. The highest BCUT2D eigenvalue weighted by Crippen LogP contribution is 2.22. The van der Waals surface area contributed by atoms with Gasteiger partial charge in [0, 0.05) is 19.7 Å². The Balaban J connectivity index is 2.60. The standard InChI is InChI=1S/C14H14FN3O2/c1-8-6-9(4-5-10(8)15)11-7-12(13(19)20)17-14(16-11)18(2)3/h4-7H,1-3H3,(H,19,20). The molecular formula is C14H14FN3O2. The molecule has 1 heterocycles. The van der Waals surface area contributed by atoms with Crippen molar-refractivity contribution in [3.05, 3.63) is 41.3 Å². The molecule has 0 spiro atoms. The predicted octanol–water partition coefficient (Wildman–Crippen LogP) is 2.36. The van der Waals surface area contributed by atoms with Gasteiger partial charge in [0.2, 0.25) is 5.95 Å². The Kier molecular flexibility index (Phi) is 3.65. The van der Waals surface area contributed by atoms with Gasteiger partial charge in [-0.05, 0) is 36.8 Å². The summed E-state index contributed by atoms with van der Waals surface area (Å²) in [5.41, 5.74) is 1.48. The molecule has 1 aromatic carbocycles. The SMILES string of the molecule is Cc1cc(-c2cc(C(=O)O)nc(N(C)C)n2)ccc1F. The number of hydrogen-bond acceptors (Lipinski definition) is 4. The van der Waals surface area contributed by atoms with Crippen LogP contribution in [0.1, 0.15) is 16.1 Å². The first-order valence-electron chi connectivity index (χ1n) is 5.94. The summed E-state index contributed by atoms with van der Waals surface area (Å²) in [6.07, 6.45) is 0. The molecule has 2 aromatic rings. The molecule has 0 saturated carbocycles. The minimum absolute atomic E-state index is 0.0966. The van der Waals surface area contributed by atoms with E-state index in [2.05, 4.69) is 9.97 Å². The van der Waals surface area contributed by atoms with Crippen molar-refractivity contribution >= 4 is 11.9 Å². The van der Waals surface area contributed by atoms with Crippen molar-refractivity contribution in [2.24, 2.45) is 0 Å². The van der Waals surface area contributed by atoms with Gasteiger partial charge in [0.25, 0.3) is 0 Å². The monoisotopic (exact) mass is 275 g/mol. The van der Waals surface area contributed by atoms with E-state index in [1.54, 1.807) is 38.1 Å². The fourth-order valence-corrected chi connectivity index (χ4v) is 1.70. The normalized spacial score (nSPS) is 10.4. The molecule has 0 amide bonds. The van der Waals surface area contributed by atoms with Gasteiger partial charge in [-0.2, -0.15) is 0 Å². The van der Waals surface area contributed by atoms with E-state index in [9.17, 15) is 9.18 Å². The third-order valence-electron chi connectivity index (χ3n) is 2.79. The van der Waals surface area contributed by atoms with Crippen LogP contribution in [0, 0.1) is 12.7 Å². The molecule has 0 radical (unpaired) electrons. The summed E-state index contributed by atoms with van der Waals surface area (Å²) in [5.74, 6) is -1.15. The van der Waals surface area contributed by atoms with E-state index in [1.165, 1.54) is 12.1 Å². The van der Waals surface area contributed by atoms with Gasteiger partial charge < -0.3 is 10.0 Å². The lowest BCUT2D eigenvalue weighted by Gasteiger charge is -2.12. The number of aromatic carboxylic acids is 1. The molecule has 0 aliphatic rings. The Morgan fingerprint density at radius 1 is 1.25 bits per heavy atom. The van der Waals surface area contributed by atoms with Crippen LogP contribution in [0.25, 0.3) is 11.3 Å². The Hall–Kier alpha value is -2.50. The lowest BCUT2D eigenvalue weighted by Crippen LogP contribution is -2.15. The summed E-state index contributed by atoms with van der Waals surface area (Å²) in [4.78, 5) is 21.0. The number of nitrogens with zero attached hydrogens (tertiary/aromatic N) is 3. The van der Waals surface area contributed by atoms with Gasteiger partial charge in [-0.3, -0.25) is 0 Å². The van der Waals surface area contributed by atoms with Gasteiger partial charge in [0.15, 0.2) is 5.69 Å². The molecule has 0 unspecified atom stereocenters. The smallest absolute Gasteiger partial charge is 0.354 e. The number of carboxylic acids is 1. The maximum absolute atomic E-state index is 13.3. The van der Waals surface area contributed by atoms with Crippen molar-refractivity contribution in [2.75, 3.05) is 19.0 Å². The molecule has 5 nitrogen and oxygen atoms in total. The number of aromatic nitrogens is 2. The topological polar surface area (TPSA) is 66.3 Å². The number of benzene rings is 1.